The number of hydrogen-bond donors (Lipinski definition) is 2. The van der Waals surface area contributed by atoms with Crippen molar-refractivity contribution in [3.05, 3.63) is 29.8 Å². The Morgan fingerprint density at radius 3 is 1.72 bits per heavy atom. The second kappa shape index (κ2) is 9.41. The van der Waals surface area contributed by atoms with E-state index >= 15 is 0 Å². The molecule has 0 amide bonds. The van der Waals surface area contributed by atoms with Crippen LogP contribution in [0.4, 0.5) is 0 Å². The maximum atomic E-state index is 10.6. The smallest absolute Gasteiger partial charge is 1.00 e. The molecule has 96 valence electrons. The Labute approximate surface area is 165 Å². The summed E-state index contributed by atoms with van der Waals surface area (Å²) in [6.07, 6.45) is 0. The fourth-order valence-corrected chi connectivity index (χ4v) is 1.55. The summed E-state index contributed by atoms with van der Waals surface area (Å²) in [6.45, 7) is 6.18. The molecule has 0 spiro atoms. The minimum absolute atomic E-state index is 0. The maximum absolute atomic E-state index is 10.6. The molecule has 8 heteroatoms. The van der Waals surface area contributed by atoms with Gasteiger partial charge in [0.05, 0.1) is 0 Å². The van der Waals surface area contributed by atoms with Crippen LogP contribution in [-0.2, 0) is 9.98 Å². The normalized spacial score (nSPS) is 10.5. The second-order valence-electron chi connectivity index (χ2n) is 4.36. The van der Waals surface area contributed by atoms with Gasteiger partial charge in [0.1, 0.15) is 5.75 Å². The van der Waals surface area contributed by atoms with Crippen molar-refractivity contribution in [2.24, 2.45) is 0 Å². The van der Waals surface area contributed by atoms with Gasteiger partial charge in [-0.2, -0.15) is 0 Å². The molecule has 0 saturated heterocycles. The molecule has 0 aliphatic rings. The van der Waals surface area contributed by atoms with Crippen molar-refractivity contribution in [3.63, 3.8) is 0 Å². The predicted octanol–water partition coefficient (Wildman–Crippen LogP) is 1.99. The fourth-order valence-electron chi connectivity index (χ4n) is 1.15. The first-order valence-corrected chi connectivity index (χ1v) is 6.07. The molecule has 0 heterocycles. The Kier molecular flexibility index (Phi) is 12.8. The molecule has 1 aromatic rings. The predicted molar refractivity (Wildman–Crippen MR) is 81.7 cm³/mol. The monoisotopic (exact) mass is 308 g/mol. The molecule has 0 bridgehead atoms. The number of phosphoric acid groups is 1. The molecule has 0 aromatic heterocycles. The first-order valence-electron chi connectivity index (χ1n) is 4.54. The van der Waals surface area contributed by atoms with E-state index in [0.717, 1.165) is 5.56 Å². The topological polar surface area (TPSA) is 66.8 Å². The van der Waals surface area contributed by atoms with E-state index in [4.69, 9.17) is 9.79 Å². The van der Waals surface area contributed by atoms with Gasteiger partial charge in [0.15, 0.2) is 0 Å². The third-order valence-corrected chi connectivity index (χ3v) is 2.39. The molecule has 0 saturated carbocycles. The van der Waals surface area contributed by atoms with Gasteiger partial charge in [-0.15, -0.1) is 0 Å². The van der Waals surface area contributed by atoms with Gasteiger partial charge in [0, 0.05) is 0 Å². The largest absolute Gasteiger partial charge is 2.00 e. The summed E-state index contributed by atoms with van der Waals surface area (Å²) >= 11 is 0. The quantitative estimate of drug-likeness (QED) is 0.648. The molecule has 0 fully saturated rings. The molecule has 18 heavy (non-hydrogen) atoms. The molecular weight excluding hydrogens is 288 g/mol. The molecule has 4 nitrogen and oxygen atoms in total. The van der Waals surface area contributed by atoms with Crippen LogP contribution in [0.5, 0.6) is 5.75 Å². The molecule has 0 radical (unpaired) electrons. The summed E-state index contributed by atoms with van der Waals surface area (Å²) in [5.41, 5.74) is 1.10. The first-order chi connectivity index (χ1) is 6.68. The molecule has 1 aromatic carbocycles. The molecule has 0 aliphatic heterocycles. The Morgan fingerprint density at radius 1 is 1.06 bits per heavy atom. The van der Waals surface area contributed by atoms with Crippen LogP contribution in [0.25, 0.3) is 0 Å². The van der Waals surface area contributed by atoms with Crippen molar-refractivity contribution in [3.8, 4) is 5.75 Å². The second-order valence-corrected chi connectivity index (χ2v) is 5.52. The zero-order valence-corrected chi connectivity index (χ0v) is 16.2. The van der Waals surface area contributed by atoms with E-state index in [1.807, 2.05) is 0 Å². The van der Waals surface area contributed by atoms with Gasteiger partial charge in [-0.25, -0.2) is 4.57 Å². The van der Waals surface area contributed by atoms with Crippen LogP contribution in [0.1, 0.15) is 34.9 Å². The van der Waals surface area contributed by atoms with Gasteiger partial charge in [-0.05, 0) is 23.1 Å². The maximum Gasteiger partial charge on any atom is 2.00 e. The standard InChI is InChI=1S/C10H15O4P.3Mg.6H/c1-10(2,3)8-4-6-9(7-5-8)14-15(11,12)13;;;;;;;;;/h4-7H,1-3H3,(H2,11,12,13);;;;;;;;;/q;3*+2;6*-1. The van der Waals surface area contributed by atoms with E-state index in [9.17, 15) is 4.57 Å². The summed E-state index contributed by atoms with van der Waals surface area (Å²) < 4.78 is 15.0. The van der Waals surface area contributed by atoms with Crippen molar-refractivity contribution in [1.82, 2.24) is 0 Å². The minimum atomic E-state index is -4.44. The van der Waals surface area contributed by atoms with Crippen molar-refractivity contribution >= 4 is 77.0 Å². The molecule has 1 rings (SSSR count). The molecule has 0 unspecified atom stereocenters. The number of benzene rings is 1. The zero-order valence-electron chi connectivity index (χ0n) is 17.1. The summed E-state index contributed by atoms with van der Waals surface area (Å²) in [5.74, 6) is 0.177. The van der Waals surface area contributed by atoms with Gasteiger partial charge in [-0.1, -0.05) is 32.9 Å². The minimum Gasteiger partial charge on any atom is -1.00 e. The third kappa shape index (κ3) is 9.38. The summed E-state index contributed by atoms with van der Waals surface area (Å²) in [7, 11) is -4.44. The van der Waals surface area contributed by atoms with E-state index in [1.165, 1.54) is 0 Å². The van der Waals surface area contributed by atoms with Gasteiger partial charge in [-0.3, -0.25) is 9.79 Å². The van der Waals surface area contributed by atoms with Crippen molar-refractivity contribution < 1.29 is 27.4 Å². The van der Waals surface area contributed by atoms with Crippen molar-refractivity contribution in [1.29, 1.82) is 0 Å². The molecule has 2 N–H and O–H groups in total. The van der Waals surface area contributed by atoms with Crippen LogP contribution in [0, 0.1) is 0 Å². The van der Waals surface area contributed by atoms with E-state index in [-0.39, 0.29) is 88.9 Å². The Balaban J connectivity index is -0.0000000357. The van der Waals surface area contributed by atoms with Crippen LogP contribution in [-0.4, -0.2) is 78.9 Å². The Bertz CT molecular complexity index is 403. The van der Waals surface area contributed by atoms with Gasteiger partial charge < -0.3 is 13.1 Å². The SMILES string of the molecule is CC(C)(C)c1ccc(OP(=O)(O)O)cc1.[H-].[H-].[H-].[H-].[H-].[H-].[Mg+2].[Mg+2].[Mg+2]. The van der Waals surface area contributed by atoms with Gasteiger partial charge in [0.25, 0.3) is 0 Å². The number of hydrogen-bond acceptors (Lipinski definition) is 2. The summed E-state index contributed by atoms with van der Waals surface area (Å²) in [6, 6.07) is 6.70. The number of rotatable bonds is 2. The van der Waals surface area contributed by atoms with Gasteiger partial charge in [0.2, 0.25) is 0 Å². The molecular formula is C10H21Mg3O4P. The fraction of sp³-hybridized carbons (Fsp3) is 0.400. The van der Waals surface area contributed by atoms with Crippen LogP contribution in [0.3, 0.4) is 0 Å². The van der Waals surface area contributed by atoms with Crippen LogP contribution in [0.15, 0.2) is 24.3 Å². The van der Waals surface area contributed by atoms with Crippen LogP contribution in [0.2, 0.25) is 0 Å². The van der Waals surface area contributed by atoms with E-state index < -0.39 is 7.82 Å². The van der Waals surface area contributed by atoms with E-state index in [1.54, 1.807) is 24.3 Å². The first kappa shape index (κ1) is 24.5. The molecule has 0 aliphatic carbocycles. The van der Waals surface area contributed by atoms with E-state index in [2.05, 4.69) is 25.3 Å². The molecule has 0 atom stereocenters. The Hall–Kier alpha value is 1.47. The number of phosphoric ester groups is 1. The average Bonchev–Trinajstić information content (AvgIpc) is 2.00. The van der Waals surface area contributed by atoms with Gasteiger partial charge >= 0.3 is 77.0 Å². The Morgan fingerprint density at radius 2 is 1.44 bits per heavy atom. The van der Waals surface area contributed by atoms with Crippen molar-refractivity contribution in [2.45, 2.75) is 26.2 Å². The summed E-state index contributed by atoms with van der Waals surface area (Å²) in [5, 5.41) is 0. The zero-order chi connectivity index (χ0) is 11.7. The third-order valence-electron chi connectivity index (χ3n) is 1.94. The van der Waals surface area contributed by atoms with Crippen LogP contribution < -0.4 is 4.52 Å². The van der Waals surface area contributed by atoms with Crippen LogP contribution >= 0.6 is 7.82 Å². The average molecular weight is 309 g/mol. The summed E-state index contributed by atoms with van der Waals surface area (Å²) in [4.78, 5) is 17.2. The van der Waals surface area contributed by atoms with Crippen molar-refractivity contribution in [2.75, 3.05) is 0 Å². The van der Waals surface area contributed by atoms with E-state index in [0.29, 0.717) is 0 Å².